The lowest BCUT2D eigenvalue weighted by Gasteiger charge is -2.21. The standard InChI is InChI=1S/C18H22BrNO3S/c1-11(2)18(16-6-5-7-24-16)20-17(21)9-12-8-14(22-3)15(23-4)10-13(12)19/h5-8,10-11,18H,9H2,1-4H3,(H,20,21)/t18-/m1/s1. The fourth-order valence-corrected chi connectivity index (χ4v) is 3.88. The lowest BCUT2D eigenvalue weighted by atomic mass is 10.0. The van der Waals surface area contributed by atoms with Crippen LogP contribution in [0, 0.1) is 5.92 Å². The van der Waals surface area contributed by atoms with Gasteiger partial charge in [-0.15, -0.1) is 11.3 Å². The molecule has 1 atom stereocenters. The lowest BCUT2D eigenvalue weighted by Crippen LogP contribution is -2.32. The van der Waals surface area contributed by atoms with E-state index in [4.69, 9.17) is 9.47 Å². The highest BCUT2D eigenvalue weighted by Crippen LogP contribution is 2.33. The summed E-state index contributed by atoms with van der Waals surface area (Å²) in [6.07, 6.45) is 0.273. The molecule has 1 aromatic carbocycles. The van der Waals surface area contributed by atoms with Gasteiger partial charge < -0.3 is 14.8 Å². The highest BCUT2D eigenvalue weighted by molar-refractivity contribution is 9.10. The smallest absolute Gasteiger partial charge is 0.224 e. The average Bonchev–Trinajstić information content (AvgIpc) is 3.07. The fourth-order valence-electron chi connectivity index (χ4n) is 2.46. The topological polar surface area (TPSA) is 47.6 Å². The number of carbonyl (C=O) groups is 1. The number of amides is 1. The van der Waals surface area contributed by atoms with Crippen LogP contribution < -0.4 is 14.8 Å². The van der Waals surface area contributed by atoms with Crippen molar-refractivity contribution in [2.24, 2.45) is 5.92 Å². The molecule has 0 unspecified atom stereocenters. The minimum atomic E-state index is -0.0185. The molecule has 2 rings (SSSR count). The number of nitrogens with one attached hydrogen (secondary N) is 1. The van der Waals surface area contributed by atoms with Crippen LogP contribution in [0.1, 0.15) is 30.3 Å². The van der Waals surface area contributed by atoms with E-state index in [2.05, 4.69) is 41.2 Å². The molecule has 130 valence electrons. The van der Waals surface area contributed by atoms with Gasteiger partial charge in [0.05, 0.1) is 26.7 Å². The largest absolute Gasteiger partial charge is 0.493 e. The van der Waals surface area contributed by atoms with E-state index >= 15 is 0 Å². The lowest BCUT2D eigenvalue weighted by molar-refractivity contribution is -0.121. The van der Waals surface area contributed by atoms with Crippen LogP contribution in [0.15, 0.2) is 34.1 Å². The molecule has 1 heterocycles. The molecule has 0 bridgehead atoms. The summed E-state index contributed by atoms with van der Waals surface area (Å²) in [6, 6.07) is 7.74. The van der Waals surface area contributed by atoms with E-state index in [0.717, 1.165) is 10.0 Å². The summed E-state index contributed by atoms with van der Waals surface area (Å²) < 4.78 is 11.4. The Morgan fingerprint density at radius 1 is 1.25 bits per heavy atom. The summed E-state index contributed by atoms with van der Waals surface area (Å²) in [5, 5.41) is 5.17. The Balaban J connectivity index is 2.14. The summed E-state index contributed by atoms with van der Waals surface area (Å²) in [5.74, 6) is 1.55. The van der Waals surface area contributed by atoms with Gasteiger partial charge in [-0.3, -0.25) is 4.79 Å². The molecule has 6 heteroatoms. The van der Waals surface area contributed by atoms with Crippen LogP contribution in [-0.4, -0.2) is 20.1 Å². The third kappa shape index (κ3) is 4.51. The first-order valence-corrected chi connectivity index (χ1v) is 9.36. The molecule has 0 aliphatic heterocycles. The molecule has 1 amide bonds. The van der Waals surface area contributed by atoms with E-state index in [1.165, 1.54) is 4.88 Å². The first-order chi connectivity index (χ1) is 11.5. The van der Waals surface area contributed by atoms with E-state index in [1.54, 1.807) is 25.6 Å². The zero-order valence-corrected chi connectivity index (χ0v) is 16.7. The van der Waals surface area contributed by atoms with Crippen molar-refractivity contribution >= 4 is 33.2 Å². The predicted octanol–water partition coefficient (Wildman–Crippen LogP) is 4.58. The molecule has 0 radical (unpaired) electrons. The number of methoxy groups -OCH3 is 2. The van der Waals surface area contributed by atoms with Gasteiger partial charge in [-0.05, 0) is 35.1 Å². The Bertz CT molecular complexity index is 686. The number of ether oxygens (including phenoxy) is 2. The molecule has 1 aromatic heterocycles. The number of thiophene rings is 1. The molecule has 1 N–H and O–H groups in total. The average molecular weight is 412 g/mol. The number of carbonyl (C=O) groups excluding carboxylic acids is 1. The number of hydrogen-bond donors (Lipinski definition) is 1. The normalized spacial score (nSPS) is 12.1. The van der Waals surface area contributed by atoms with Crippen LogP contribution in [0.25, 0.3) is 0 Å². The van der Waals surface area contributed by atoms with Crippen molar-refractivity contribution in [2.45, 2.75) is 26.3 Å². The van der Waals surface area contributed by atoms with E-state index < -0.39 is 0 Å². The molecule has 0 aliphatic rings. The van der Waals surface area contributed by atoms with Crippen molar-refractivity contribution in [1.29, 1.82) is 0 Å². The van der Waals surface area contributed by atoms with E-state index in [0.29, 0.717) is 17.4 Å². The number of benzene rings is 1. The van der Waals surface area contributed by atoms with Crippen molar-refractivity contribution < 1.29 is 14.3 Å². The zero-order valence-electron chi connectivity index (χ0n) is 14.3. The van der Waals surface area contributed by atoms with E-state index in [1.807, 2.05) is 23.6 Å². The highest BCUT2D eigenvalue weighted by Gasteiger charge is 2.20. The molecule has 0 spiro atoms. The van der Waals surface area contributed by atoms with Crippen LogP contribution in [0.2, 0.25) is 0 Å². The second-order valence-electron chi connectivity index (χ2n) is 5.78. The first kappa shape index (κ1) is 18.8. The fraction of sp³-hybridized carbons (Fsp3) is 0.389. The Labute approximate surface area is 155 Å². The monoisotopic (exact) mass is 411 g/mol. The van der Waals surface area contributed by atoms with Crippen molar-refractivity contribution in [3.63, 3.8) is 0 Å². The van der Waals surface area contributed by atoms with E-state index in [9.17, 15) is 4.79 Å². The molecular formula is C18H22BrNO3S. The highest BCUT2D eigenvalue weighted by atomic mass is 79.9. The summed E-state index contributed by atoms with van der Waals surface area (Å²) in [6.45, 7) is 4.22. The van der Waals surface area contributed by atoms with Gasteiger partial charge in [0.15, 0.2) is 11.5 Å². The summed E-state index contributed by atoms with van der Waals surface area (Å²) in [4.78, 5) is 13.7. The van der Waals surface area contributed by atoms with Crippen molar-refractivity contribution in [3.05, 3.63) is 44.6 Å². The Hall–Kier alpha value is -1.53. The minimum absolute atomic E-state index is 0.0185. The second kappa shape index (κ2) is 8.53. The summed E-state index contributed by atoms with van der Waals surface area (Å²) in [5.41, 5.74) is 0.860. The van der Waals surface area contributed by atoms with Gasteiger partial charge >= 0.3 is 0 Å². The molecule has 24 heavy (non-hydrogen) atoms. The third-order valence-electron chi connectivity index (χ3n) is 3.74. The Morgan fingerprint density at radius 2 is 1.92 bits per heavy atom. The molecule has 4 nitrogen and oxygen atoms in total. The maximum absolute atomic E-state index is 12.5. The van der Waals surface area contributed by atoms with Gasteiger partial charge in [0.1, 0.15) is 0 Å². The van der Waals surface area contributed by atoms with Crippen LogP contribution in [0.4, 0.5) is 0 Å². The van der Waals surface area contributed by atoms with E-state index in [-0.39, 0.29) is 18.4 Å². The second-order valence-corrected chi connectivity index (χ2v) is 7.61. The van der Waals surface area contributed by atoms with Crippen LogP contribution in [0.3, 0.4) is 0 Å². The third-order valence-corrected chi connectivity index (χ3v) is 5.43. The summed E-state index contributed by atoms with van der Waals surface area (Å²) in [7, 11) is 3.17. The molecule has 0 saturated heterocycles. The summed E-state index contributed by atoms with van der Waals surface area (Å²) >= 11 is 5.16. The first-order valence-electron chi connectivity index (χ1n) is 7.69. The number of hydrogen-bond acceptors (Lipinski definition) is 4. The zero-order chi connectivity index (χ0) is 17.7. The minimum Gasteiger partial charge on any atom is -0.493 e. The van der Waals surface area contributed by atoms with Gasteiger partial charge in [0.2, 0.25) is 5.91 Å². The van der Waals surface area contributed by atoms with Crippen LogP contribution >= 0.6 is 27.3 Å². The number of rotatable bonds is 7. The van der Waals surface area contributed by atoms with Gasteiger partial charge in [-0.1, -0.05) is 35.8 Å². The van der Waals surface area contributed by atoms with Crippen molar-refractivity contribution in [2.75, 3.05) is 14.2 Å². The Morgan fingerprint density at radius 3 is 2.46 bits per heavy atom. The van der Waals surface area contributed by atoms with Crippen molar-refractivity contribution in [1.82, 2.24) is 5.32 Å². The van der Waals surface area contributed by atoms with Crippen molar-refractivity contribution in [3.8, 4) is 11.5 Å². The predicted molar refractivity (Wildman–Crippen MR) is 101 cm³/mol. The van der Waals surface area contributed by atoms with Gasteiger partial charge in [-0.2, -0.15) is 0 Å². The molecule has 0 aliphatic carbocycles. The maximum atomic E-state index is 12.5. The van der Waals surface area contributed by atoms with Gasteiger partial charge in [0.25, 0.3) is 0 Å². The Kier molecular flexibility index (Phi) is 6.69. The van der Waals surface area contributed by atoms with Gasteiger partial charge in [0, 0.05) is 9.35 Å². The quantitative estimate of drug-likeness (QED) is 0.724. The van der Waals surface area contributed by atoms with Crippen LogP contribution in [0.5, 0.6) is 11.5 Å². The molecule has 0 saturated carbocycles. The molecule has 0 fully saturated rings. The van der Waals surface area contributed by atoms with Gasteiger partial charge in [-0.25, -0.2) is 0 Å². The maximum Gasteiger partial charge on any atom is 0.224 e. The molecular weight excluding hydrogens is 390 g/mol. The van der Waals surface area contributed by atoms with Crippen LogP contribution in [-0.2, 0) is 11.2 Å². The molecule has 2 aromatic rings. The SMILES string of the molecule is COc1cc(Br)c(CC(=O)N[C@@H](c2cccs2)C(C)C)cc1OC. The number of halogens is 1.